The van der Waals surface area contributed by atoms with Crippen molar-refractivity contribution in [2.24, 2.45) is 5.73 Å². The Labute approximate surface area is 107 Å². The van der Waals surface area contributed by atoms with Gasteiger partial charge in [-0.25, -0.2) is 0 Å². The molecule has 0 aromatic heterocycles. The van der Waals surface area contributed by atoms with Gasteiger partial charge in [-0.3, -0.25) is 4.79 Å². The minimum atomic E-state index is -1.12. The molecule has 2 atom stereocenters. The van der Waals surface area contributed by atoms with Crippen molar-refractivity contribution in [1.29, 1.82) is 0 Å². The average Bonchev–Trinajstić information content (AvgIpc) is 2.67. The molecule has 1 fully saturated rings. The monoisotopic (exact) mass is 249 g/mol. The highest BCUT2D eigenvalue weighted by atomic mass is 16.5. The highest BCUT2D eigenvalue weighted by molar-refractivity contribution is 5.79. The van der Waals surface area contributed by atoms with Gasteiger partial charge in [-0.2, -0.15) is 0 Å². The van der Waals surface area contributed by atoms with Gasteiger partial charge in [0.15, 0.2) is 0 Å². The normalized spacial score (nSPS) is 27.2. The number of nitrogens with two attached hydrogens (primary N) is 1. The predicted octanol–water partition coefficient (Wildman–Crippen LogP) is 2.02. The molecule has 18 heavy (non-hydrogen) atoms. The minimum Gasteiger partial charge on any atom is -0.490 e. The Morgan fingerprint density at radius 2 is 2.22 bits per heavy atom. The van der Waals surface area contributed by atoms with E-state index in [4.69, 9.17) is 15.6 Å². The SMILES string of the molecule is Cc1ccc(C)c(OC2CCC(N)(C(=O)O)C2)c1. The summed E-state index contributed by atoms with van der Waals surface area (Å²) in [7, 11) is 0. The molecule has 1 aliphatic carbocycles. The zero-order valence-corrected chi connectivity index (χ0v) is 10.8. The van der Waals surface area contributed by atoms with Crippen LogP contribution in [0.3, 0.4) is 0 Å². The van der Waals surface area contributed by atoms with Crippen molar-refractivity contribution in [2.45, 2.75) is 44.8 Å². The van der Waals surface area contributed by atoms with Crippen molar-refractivity contribution in [3.63, 3.8) is 0 Å². The number of ether oxygens (including phenoxy) is 1. The summed E-state index contributed by atoms with van der Waals surface area (Å²) in [6.45, 7) is 3.99. The molecule has 0 amide bonds. The van der Waals surface area contributed by atoms with Gasteiger partial charge in [0.25, 0.3) is 0 Å². The summed E-state index contributed by atoms with van der Waals surface area (Å²) in [5.74, 6) is -0.107. The second-order valence-corrected chi connectivity index (χ2v) is 5.21. The Bertz CT molecular complexity index is 472. The van der Waals surface area contributed by atoms with Crippen LogP contribution in [-0.4, -0.2) is 22.7 Å². The first kappa shape index (κ1) is 12.9. The molecule has 1 aromatic rings. The van der Waals surface area contributed by atoms with E-state index in [-0.39, 0.29) is 6.10 Å². The van der Waals surface area contributed by atoms with E-state index < -0.39 is 11.5 Å². The molecular formula is C14H19NO3. The van der Waals surface area contributed by atoms with Gasteiger partial charge in [0.2, 0.25) is 0 Å². The summed E-state index contributed by atoms with van der Waals surface area (Å²) < 4.78 is 5.89. The molecule has 1 aromatic carbocycles. The first-order chi connectivity index (χ1) is 8.40. The number of hydrogen-bond donors (Lipinski definition) is 2. The van der Waals surface area contributed by atoms with Gasteiger partial charge in [-0.05, 0) is 43.9 Å². The third-order valence-corrected chi connectivity index (χ3v) is 3.57. The van der Waals surface area contributed by atoms with Crippen LogP contribution < -0.4 is 10.5 Å². The summed E-state index contributed by atoms with van der Waals surface area (Å²) >= 11 is 0. The zero-order valence-electron chi connectivity index (χ0n) is 10.8. The molecule has 0 bridgehead atoms. The molecule has 2 rings (SSSR count). The van der Waals surface area contributed by atoms with Crippen molar-refractivity contribution in [3.8, 4) is 5.75 Å². The topological polar surface area (TPSA) is 72.5 Å². The Hall–Kier alpha value is -1.55. The fraction of sp³-hybridized carbons (Fsp3) is 0.500. The summed E-state index contributed by atoms with van der Waals surface area (Å²) in [4.78, 5) is 11.1. The quantitative estimate of drug-likeness (QED) is 0.859. The number of hydrogen-bond acceptors (Lipinski definition) is 3. The minimum absolute atomic E-state index is 0.105. The summed E-state index contributed by atoms with van der Waals surface area (Å²) in [6.07, 6.45) is 1.43. The van der Waals surface area contributed by atoms with Gasteiger partial charge in [-0.1, -0.05) is 12.1 Å². The summed E-state index contributed by atoms with van der Waals surface area (Å²) in [5, 5.41) is 9.07. The molecule has 1 aliphatic rings. The molecule has 2 unspecified atom stereocenters. The lowest BCUT2D eigenvalue weighted by atomic mass is 10.00. The number of benzene rings is 1. The Morgan fingerprint density at radius 3 is 2.83 bits per heavy atom. The molecule has 0 heterocycles. The van der Waals surface area contributed by atoms with Crippen molar-refractivity contribution < 1.29 is 14.6 Å². The third-order valence-electron chi connectivity index (χ3n) is 3.57. The van der Waals surface area contributed by atoms with Crippen LogP contribution in [0.15, 0.2) is 18.2 Å². The lowest BCUT2D eigenvalue weighted by molar-refractivity contribution is -0.143. The molecule has 0 aliphatic heterocycles. The van der Waals surface area contributed by atoms with Gasteiger partial charge in [0.05, 0.1) is 0 Å². The molecular weight excluding hydrogens is 230 g/mol. The van der Waals surface area contributed by atoms with Crippen LogP contribution >= 0.6 is 0 Å². The average molecular weight is 249 g/mol. The van der Waals surface area contributed by atoms with Crippen LogP contribution in [0.5, 0.6) is 5.75 Å². The van der Waals surface area contributed by atoms with Crippen LogP contribution in [0.2, 0.25) is 0 Å². The molecule has 0 radical (unpaired) electrons. The molecule has 0 spiro atoms. The van der Waals surface area contributed by atoms with Crippen LogP contribution in [0.4, 0.5) is 0 Å². The Kier molecular flexibility index (Phi) is 3.30. The zero-order chi connectivity index (χ0) is 13.3. The second kappa shape index (κ2) is 4.61. The molecule has 4 heteroatoms. The van der Waals surface area contributed by atoms with E-state index in [9.17, 15) is 4.79 Å². The van der Waals surface area contributed by atoms with E-state index in [1.54, 1.807) is 0 Å². The van der Waals surface area contributed by atoms with Gasteiger partial charge < -0.3 is 15.6 Å². The summed E-state index contributed by atoms with van der Waals surface area (Å²) in [5.41, 5.74) is 6.90. The molecule has 1 saturated carbocycles. The Balaban J connectivity index is 2.08. The van der Waals surface area contributed by atoms with Crippen LogP contribution in [0, 0.1) is 13.8 Å². The largest absolute Gasteiger partial charge is 0.490 e. The maximum atomic E-state index is 11.1. The number of carboxylic acids is 1. The van der Waals surface area contributed by atoms with E-state index >= 15 is 0 Å². The summed E-state index contributed by atoms with van der Waals surface area (Å²) in [6, 6.07) is 6.01. The maximum absolute atomic E-state index is 11.1. The molecule has 98 valence electrons. The van der Waals surface area contributed by atoms with Crippen LogP contribution in [-0.2, 0) is 4.79 Å². The van der Waals surface area contributed by atoms with Gasteiger partial charge in [0.1, 0.15) is 17.4 Å². The van der Waals surface area contributed by atoms with E-state index in [1.807, 2.05) is 32.0 Å². The van der Waals surface area contributed by atoms with Crippen molar-refractivity contribution in [2.75, 3.05) is 0 Å². The van der Waals surface area contributed by atoms with E-state index in [0.29, 0.717) is 19.3 Å². The number of carbonyl (C=O) groups is 1. The van der Waals surface area contributed by atoms with Crippen molar-refractivity contribution >= 4 is 5.97 Å². The van der Waals surface area contributed by atoms with Gasteiger partial charge >= 0.3 is 5.97 Å². The third kappa shape index (κ3) is 2.48. The second-order valence-electron chi connectivity index (χ2n) is 5.21. The van der Waals surface area contributed by atoms with E-state index in [0.717, 1.165) is 16.9 Å². The fourth-order valence-electron chi connectivity index (χ4n) is 2.34. The van der Waals surface area contributed by atoms with Crippen LogP contribution in [0.1, 0.15) is 30.4 Å². The predicted molar refractivity (Wildman–Crippen MR) is 68.7 cm³/mol. The first-order valence-corrected chi connectivity index (χ1v) is 6.17. The number of aliphatic carboxylic acids is 1. The fourth-order valence-corrected chi connectivity index (χ4v) is 2.34. The number of rotatable bonds is 3. The van der Waals surface area contributed by atoms with E-state index in [1.165, 1.54) is 0 Å². The lowest BCUT2D eigenvalue weighted by Crippen LogP contribution is -2.46. The van der Waals surface area contributed by atoms with Crippen LogP contribution in [0.25, 0.3) is 0 Å². The highest BCUT2D eigenvalue weighted by Crippen LogP contribution is 2.32. The number of carboxylic acid groups (broad SMARTS) is 1. The highest BCUT2D eigenvalue weighted by Gasteiger charge is 2.43. The lowest BCUT2D eigenvalue weighted by Gasteiger charge is -2.19. The smallest absolute Gasteiger partial charge is 0.323 e. The molecule has 4 nitrogen and oxygen atoms in total. The molecule has 0 saturated heterocycles. The Morgan fingerprint density at radius 1 is 1.50 bits per heavy atom. The molecule has 3 N–H and O–H groups in total. The van der Waals surface area contributed by atoms with E-state index in [2.05, 4.69) is 0 Å². The van der Waals surface area contributed by atoms with Crippen molar-refractivity contribution in [1.82, 2.24) is 0 Å². The maximum Gasteiger partial charge on any atom is 0.323 e. The number of aryl methyl sites for hydroxylation is 2. The first-order valence-electron chi connectivity index (χ1n) is 6.17. The van der Waals surface area contributed by atoms with Gasteiger partial charge in [0, 0.05) is 6.42 Å². The van der Waals surface area contributed by atoms with Crippen molar-refractivity contribution in [3.05, 3.63) is 29.3 Å². The van der Waals surface area contributed by atoms with Gasteiger partial charge in [-0.15, -0.1) is 0 Å². The standard InChI is InChI=1S/C14H19NO3/c1-9-3-4-10(2)12(7-9)18-11-5-6-14(15,8-11)13(16)17/h3-4,7,11H,5-6,8,15H2,1-2H3,(H,16,17).